The topological polar surface area (TPSA) is 209 Å². The standard InChI is InChI=1S/C23H32N6O6S/c1-12(27-21(32)15(24)7-8-36-2)20(31)28-17(22(33)29-18(23(34)35)10-19(25)30)9-13-11-26-16-6-4-3-5-14(13)16/h3-6,11-12,15,17-18,26H,7-10,24H2,1-2H3,(H2,25,30)(H,27,32)(H,28,31)(H,29,33)(H,34,35). The fourth-order valence-corrected chi connectivity index (χ4v) is 3.95. The highest BCUT2D eigenvalue weighted by Gasteiger charge is 2.30. The molecule has 1 heterocycles. The van der Waals surface area contributed by atoms with Crippen molar-refractivity contribution in [2.75, 3.05) is 12.0 Å². The smallest absolute Gasteiger partial charge is 0.326 e. The van der Waals surface area contributed by atoms with Gasteiger partial charge >= 0.3 is 5.97 Å². The van der Waals surface area contributed by atoms with Crippen LogP contribution in [0.5, 0.6) is 0 Å². The van der Waals surface area contributed by atoms with Gasteiger partial charge in [0.15, 0.2) is 0 Å². The number of hydrogen-bond acceptors (Lipinski definition) is 7. The molecule has 36 heavy (non-hydrogen) atoms. The molecule has 0 aliphatic carbocycles. The highest BCUT2D eigenvalue weighted by atomic mass is 32.2. The van der Waals surface area contributed by atoms with Crippen molar-refractivity contribution in [2.24, 2.45) is 11.5 Å². The lowest BCUT2D eigenvalue weighted by Crippen LogP contribution is -2.57. The molecule has 13 heteroatoms. The second kappa shape index (κ2) is 13.5. The second-order valence-electron chi connectivity index (χ2n) is 8.31. The Morgan fingerprint density at radius 1 is 1.03 bits per heavy atom. The highest BCUT2D eigenvalue weighted by Crippen LogP contribution is 2.19. The maximum atomic E-state index is 13.0. The fourth-order valence-electron chi connectivity index (χ4n) is 3.46. The quantitative estimate of drug-likeness (QED) is 0.168. The zero-order valence-corrected chi connectivity index (χ0v) is 20.9. The van der Waals surface area contributed by atoms with Gasteiger partial charge in [-0.2, -0.15) is 11.8 Å². The molecule has 0 spiro atoms. The zero-order chi connectivity index (χ0) is 26.8. The van der Waals surface area contributed by atoms with Crippen LogP contribution in [0.15, 0.2) is 30.5 Å². The van der Waals surface area contributed by atoms with Crippen molar-refractivity contribution in [1.82, 2.24) is 20.9 Å². The molecule has 12 nitrogen and oxygen atoms in total. The zero-order valence-electron chi connectivity index (χ0n) is 20.1. The summed E-state index contributed by atoms with van der Waals surface area (Å²) in [5.41, 5.74) is 12.5. The molecular formula is C23H32N6O6S. The van der Waals surface area contributed by atoms with Gasteiger partial charge in [-0.3, -0.25) is 19.2 Å². The van der Waals surface area contributed by atoms with Crippen molar-refractivity contribution in [3.05, 3.63) is 36.0 Å². The number of rotatable bonds is 14. The first-order chi connectivity index (χ1) is 17.0. The summed E-state index contributed by atoms with van der Waals surface area (Å²) in [5.74, 6) is -3.66. The molecule has 0 saturated heterocycles. The van der Waals surface area contributed by atoms with Gasteiger partial charge in [0.1, 0.15) is 18.1 Å². The molecule has 196 valence electrons. The number of carbonyl (C=O) groups excluding carboxylic acids is 4. The maximum absolute atomic E-state index is 13.0. The Balaban J connectivity index is 2.20. The lowest BCUT2D eigenvalue weighted by atomic mass is 10.0. The third kappa shape index (κ3) is 8.27. The van der Waals surface area contributed by atoms with Crippen LogP contribution in [0, 0.1) is 0 Å². The number of carboxylic acid groups (broad SMARTS) is 1. The van der Waals surface area contributed by atoms with E-state index in [0.29, 0.717) is 17.7 Å². The molecule has 4 unspecified atom stereocenters. The molecule has 4 atom stereocenters. The van der Waals surface area contributed by atoms with E-state index in [4.69, 9.17) is 11.5 Å². The predicted molar refractivity (Wildman–Crippen MR) is 136 cm³/mol. The number of nitrogens with one attached hydrogen (secondary N) is 4. The van der Waals surface area contributed by atoms with Gasteiger partial charge in [-0.05, 0) is 37.0 Å². The number of benzene rings is 1. The number of primary amides is 1. The number of carboxylic acids is 1. The van der Waals surface area contributed by atoms with Crippen molar-refractivity contribution < 1.29 is 29.1 Å². The molecule has 0 aliphatic heterocycles. The van der Waals surface area contributed by atoms with Crippen LogP contribution in [-0.4, -0.2) is 75.9 Å². The van der Waals surface area contributed by atoms with E-state index in [1.54, 1.807) is 6.20 Å². The van der Waals surface area contributed by atoms with E-state index in [1.807, 2.05) is 30.5 Å². The van der Waals surface area contributed by atoms with E-state index in [-0.39, 0.29) is 6.42 Å². The monoisotopic (exact) mass is 520 g/mol. The average molecular weight is 521 g/mol. The molecule has 4 amide bonds. The van der Waals surface area contributed by atoms with Crippen LogP contribution in [0.25, 0.3) is 10.9 Å². The number of H-pyrrole nitrogens is 1. The molecule has 9 N–H and O–H groups in total. The summed E-state index contributed by atoms with van der Waals surface area (Å²) < 4.78 is 0. The minimum Gasteiger partial charge on any atom is -0.480 e. The van der Waals surface area contributed by atoms with Crippen LogP contribution in [0.2, 0.25) is 0 Å². The molecular weight excluding hydrogens is 488 g/mol. The third-order valence-corrected chi connectivity index (χ3v) is 6.12. The molecule has 0 radical (unpaired) electrons. The van der Waals surface area contributed by atoms with Crippen LogP contribution < -0.4 is 27.4 Å². The summed E-state index contributed by atoms with van der Waals surface area (Å²) >= 11 is 1.54. The largest absolute Gasteiger partial charge is 0.480 e. The van der Waals surface area contributed by atoms with Crippen molar-refractivity contribution in [2.45, 2.75) is 50.4 Å². The number of amides is 4. The van der Waals surface area contributed by atoms with Gasteiger partial charge in [-0.1, -0.05) is 18.2 Å². The van der Waals surface area contributed by atoms with Crippen LogP contribution in [0.1, 0.15) is 25.3 Å². The van der Waals surface area contributed by atoms with Crippen molar-refractivity contribution in [3.8, 4) is 0 Å². The van der Waals surface area contributed by atoms with Crippen molar-refractivity contribution in [1.29, 1.82) is 0 Å². The van der Waals surface area contributed by atoms with E-state index in [9.17, 15) is 29.1 Å². The number of fused-ring (bicyclic) bond motifs is 1. The van der Waals surface area contributed by atoms with Crippen LogP contribution in [0.4, 0.5) is 0 Å². The van der Waals surface area contributed by atoms with E-state index < -0.39 is 60.2 Å². The number of para-hydroxylation sites is 1. The normalized spacial score (nSPS) is 14.3. The highest BCUT2D eigenvalue weighted by molar-refractivity contribution is 7.98. The van der Waals surface area contributed by atoms with Gasteiger partial charge in [0.2, 0.25) is 23.6 Å². The van der Waals surface area contributed by atoms with Crippen LogP contribution in [0.3, 0.4) is 0 Å². The summed E-state index contributed by atoms with van der Waals surface area (Å²) in [6.45, 7) is 1.45. The van der Waals surface area contributed by atoms with Gasteiger partial charge in [-0.15, -0.1) is 0 Å². The molecule has 0 fully saturated rings. The Morgan fingerprint density at radius 2 is 1.69 bits per heavy atom. The van der Waals surface area contributed by atoms with E-state index in [1.165, 1.54) is 18.7 Å². The van der Waals surface area contributed by atoms with Gasteiger partial charge in [0.25, 0.3) is 0 Å². The average Bonchev–Trinajstić information content (AvgIpc) is 3.23. The van der Waals surface area contributed by atoms with Gasteiger partial charge in [0, 0.05) is 23.5 Å². The predicted octanol–water partition coefficient (Wildman–Crippen LogP) is -0.775. The summed E-state index contributed by atoms with van der Waals surface area (Å²) in [6.07, 6.45) is 3.40. The number of hydrogen-bond donors (Lipinski definition) is 7. The summed E-state index contributed by atoms with van der Waals surface area (Å²) in [4.78, 5) is 64.0. The number of thioether (sulfide) groups is 1. The Kier molecular flexibility index (Phi) is 10.7. The second-order valence-corrected chi connectivity index (χ2v) is 9.30. The first-order valence-corrected chi connectivity index (χ1v) is 12.6. The van der Waals surface area contributed by atoms with E-state index >= 15 is 0 Å². The number of aromatic nitrogens is 1. The fraction of sp³-hybridized carbons (Fsp3) is 0.435. The molecule has 1 aromatic heterocycles. The SMILES string of the molecule is CSCCC(N)C(=O)NC(C)C(=O)NC(Cc1c[nH]c2ccccc12)C(=O)NC(CC(N)=O)C(=O)O. The number of aromatic amines is 1. The van der Waals surface area contributed by atoms with Crippen molar-refractivity contribution >= 4 is 52.3 Å². The lowest BCUT2D eigenvalue weighted by molar-refractivity contribution is -0.143. The minimum absolute atomic E-state index is 0.0123. The Bertz CT molecular complexity index is 1110. The van der Waals surface area contributed by atoms with Gasteiger partial charge in [0.05, 0.1) is 12.5 Å². The number of nitrogens with two attached hydrogens (primary N) is 2. The molecule has 2 aromatic rings. The number of aliphatic carboxylic acids is 1. The summed E-state index contributed by atoms with van der Waals surface area (Å²) in [5, 5.41) is 17.5. The minimum atomic E-state index is -1.57. The third-order valence-electron chi connectivity index (χ3n) is 5.47. The van der Waals surface area contributed by atoms with Gasteiger partial charge < -0.3 is 37.5 Å². The number of carbonyl (C=O) groups is 5. The lowest BCUT2D eigenvalue weighted by Gasteiger charge is -2.23. The maximum Gasteiger partial charge on any atom is 0.326 e. The Morgan fingerprint density at radius 3 is 2.33 bits per heavy atom. The van der Waals surface area contributed by atoms with E-state index in [0.717, 1.165) is 10.9 Å². The van der Waals surface area contributed by atoms with E-state index in [2.05, 4.69) is 20.9 Å². The molecule has 0 bridgehead atoms. The molecule has 2 rings (SSSR count). The molecule has 0 saturated carbocycles. The first-order valence-electron chi connectivity index (χ1n) is 11.2. The van der Waals surface area contributed by atoms with Gasteiger partial charge in [-0.25, -0.2) is 4.79 Å². The Labute approximate surface area is 212 Å². The summed E-state index contributed by atoms with van der Waals surface area (Å²) in [6, 6.07) is 2.75. The molecule has 0 aliphatic rings. The Hall–Kier alpha value is -3.58. The molecule has 1 aromatic carbocycles. The van der Waals surface area contributed by atoms with Crippen LogP contribution >= 0.6 is 11.8 Å². The first kappa shape index (κ1) is 28.7. The summed E-state index contributed by atoms with van der Waals surface area (Å²) in [7, 11) is 0. The van der Waals surface area contributed by atoms with Crippen molar-refractivity contribution in [3.63, 3.8) is 0 Å². The van der Waals surface area contributed by atoms with Crippen LogP contribution in [-0.2, 0) is 30.4 Å².